The van der Waals surface area contributed by atoms with Crippen LogP contribution >= 0.6 is 22.7 Å². The summed E-state index contributed by atoms with van der Waals surface area (Å²) < 4.78 is 0. The Hall–Kier alpha value is -1.19. The molecule has 0 saturated carbocycles. The second-order valence-corrected chi connectivity index (χ2v) is 5.53. The topological polar surface area (TPSA) is 56.0 Å². The molecule has 2 N–H and O–H groups in total. The van der Waals surface area contributed by atoms with Crippen molar-refractivity contribution < 1.29 is 5.11 Å². The van der Waals surface area contributed by atoms with E-state index in [0.717, 1.165) is 15.3 Å². The van der Waals surface area contributed by atoms with Gasteiger partial charge in [0, 0.05) is 18.0 Å². The lowest BCUT2D eigenvalue weighted by molar-refractivity contribution is 0.175. The highest BCUT2D eigenvalue weighted by Gasteiger charge is 2.07. The van der Waals surface area contributed by atoms with Crippen LogP contribution in [-0.4, -0.2) is 11.7 Å². The van der Waals surface area contributed by atoms with Crippen LogP contribution in [0.2, 0.25) is 0 Å². The van der Waals surface area contributed by atoms with Gasteiger partial charge in [0.25, 0.3) is 0 Å². The summed E-state index contributed by atoms with van der Waals surface area (Å²) in [4.78, 5) is 1.83. The van der Waals surface area contributed by atoms with Gasteiger partial charge < -0.3 is 10.4 Å². The maximum absolute atomic E-state index is 9.83. The van der Waals surface area contributed by atoms with Crippen LogP contribution in [0.25, 0.3) is 0 Å². The summed E-state index contributed by atoms with van der Waals surface area (Å²) in [5, 5.41) is 25.6. The molecule has 0 aliphatic carbocycles. The first-order chi connectivity index (χ1) is 8.29. The smallest absolute Gasteiger partial charge is 0.110 e. The summed E-state index contributed by atoms with van der Waals surface area (Å²) in [7, 11) is 0. The minimum Gasteiger partial charge on any atom is -0.387 e. The van der Waals surface area contributed by atoms with Gasteiger partial charge in [-0.1, -0.05) is 0 Å². The second kappa shape index (κ2) is 5.94. The Morgan fingerprint density at radius 2 is 2.29 bits per heavy atom. The zero-order valence-corrected chi connectivity index (χ0v) is 10.7. The molecule has 3 nitrogen and oxygen atoms in total. The van der Waals surface area contributed by atoms with Gasteiger partial charge in [0.05, 0.1) is 6.10 Å². The van der Waals surface area contributed by atoms with Crippen molar-refractivity contribution in [2.45, 2.75) is 12.6 Å². The van der Waals surface area contributed by atoms with Crippen LogP contribution in [0.3, 0.4) is 0 Å². The molecule has 0 aliphatic heterocycles. The third kappa shape index (κ3) is 3.38. The second-order valence-electron chi connectivity index (χ2n) is 3.58. The Labute approximate surface area is 108 Å². The highest BCUT2D eigenvalue weighted by molar-refractivity contribution is 7.12. The van der Waals surface area contributed by atoms with Crippen LogP contribution in [0, 0.1) is 11.3 Å². The van der Waals surface area contributed by atoms with Gasteiger partial charge in [0.1, 0.15) is 10.9 Å². The van der Waals surface area contributed by atoms with E-state index in [1.54, 1.807) is 11.3 Å². The molecule has 0 aliphatic rings. The van der Waals surface area contributed by atoms with Crippen molar-refractivity contribution in [1.82, 2.24) is 5.32 Å². The molecule has 0 aromatic carbocycles. The zero-order chi connectivity index (χ0) is 12.1. The lowest BCUT2D eigenvalue weighted by Crippen LogP contribution is -2.20. The van der Waals surface area contributed by atoms with E-state index in [2.05, 4.69) is 11.4 Å². The van der Waals surface area contributed by atoms with E-state index < -0.39 is 6.10 Å². The van der Waals surface area contributed by atoms with Crippen molar-refractivity contribution in [3.05, 3.63) is 44.3 Å². The first kappa shape index (κ1) is 12.3. The number of rotatable bonds is 5. The quantitative estimate of drug-likeness (QED) is 0.872. The first-order valence-corrected chi connectivity index (χ1v) is 6.95. The van der Waals surface area contributed by atoms with Gasteiger partial charge in [0.2, 0.25) is 0 Å². The Bertz CT molecular complexity index is 499. The van der Waals surface area contributed by atoms with Crippen molar-refractivity contribution in [3.63, 3.8) is 0 Å². The summed E-state index contributed by atoms with van der Waals surface area (Å²) >= 11 is 3.06. The molecule has 2 aromatic heterocycles. The highest BCUT2D eigenvalue weighted by Crippen LogP contribution is 2.17. The summed E-state index contributed by atoms with van der Waals surface area (Å²) in [5.41, 5.74) is 0.950. The van der Waals surface area contributed by atoms with Gasteiger partial charge in [-0.2, -0.15) is 16.6 Å². The lowest BCUT2D eigenvalue weighted by Gasteiger charge is -2.09. The molecule has 1 atom stereocenters. The van der Waals surface area contributed by atoms with Gasteiger partial charge >= 0.3 is 0 Å². The lowest BCUT2D eigenvalue weighted by atomic mass is 10.2. The number of nitrogens with one attached hydrogen (secondary N) is 1. The summed E-state index contributed by atoms with van der Waals surface area (Å²) in [5.74, 6) is 0. The van der Waals surface area contributed by atoms with E-state index in [1.165, 1.54) is 11.3 Å². The molecule has 0 bridgehead atoms. The average molecular weight is 264 g/mol. The average Bonchev–Trinajstić information content (AvgIpc) is 3.00. The third-order valence-electron chi connectivity index (χ3n) is 2.34. The molecule has 0 amide bonds. The van der Waals surface area contributed by atoms with Gasteiger partial charge in [0.15, 0.2) is 0 Å². The molecule has 17 heavy (non-hydrogen) atoms. The molecule has 0 saturated heterocycles. The maximum Gasteiger partial charge on any atom is 0.110 e. The Kier molecular flexibility index (Phi) is 4.29. The standard InChI is InChI=1S/C12H12N2OS2/c13-5-10-1-2-11(17-10)6-14-7-12(15)9-3-4-16-8-9/h1-4,8,12,14-15H,6-7H2. The SMILES string of the molecule is N#Cc1ccc(CNCC(O)c2ccsc2)s1. The predicted octanol–water partition coefficient (Wildman–Crippen LogP) is 2.50. The molecule has 2 aromatic rings. The molecule has 88 valence electrons. The molecule has 5 heteroatoms. The van der Waals surface area contributed by atoms with Gasteiger partial charge in [-0.05, 0) is 34.5 Å². The number of nitriles is 1. The number of aliphatic hydroxyl groups is 1. The van der Waals surface area contributed by atoms with Crippen molar-refractivity contribution in [1.29, 1.82) is 5.26 Å². The van der Waals surface area contributed by atoms with E-state index in [0.29, 0.717) is 13.1 Å². The van der Waals surface area contributed by atoms with Crippen LogP contribution in [0.4, 0.5) is 0 Å². The largest absolute Gasteiger partial charge is 0.387 e. The highest BCUT2D eigenvalue weighted by atomic mass is 32.1. The van der Waals surface area contributed by atoms with Crippen molar-refractivity contribution in [2.75, 3.05) is 6.54 Å². The van der Waals surface area contributed by atoms with Crippen molar-refractivity contribution in [3.8, 4) is 6.07 Å². The monoisotopic (exact) mass is 264 g/mol. The Balaban J connectivity index is 1.78. The number of hydrogen-bond donors (Lipinski definition) is 2. The Morgan fingerprint density at radius 3 is 2.94 bits per heavy atom. The number of hydrogen-bond acceptors (Lipinski definition) is 5. The van der Waals surface area contributed by atoms with E-state index >= 15 is 0 Å². The molecule has 2 heterocycles. The number of aliphatic hydroxyl groups excluding tert-OH is 1. The van der Waals surface area contributed by atoms with Crippen LogP contribution in [0.5, 0.6) is 0 Å². The molecular formula is C12H12N2OS2. The van der Waals surface area contributed by atoms with E-state index in [1.807, 2.05) is 29.0 Å². The van der Waals surface area contributed by atoms with Gasteiger partial charge in [-0.25, -0.2) is 0 Å². The van der Waals surface area contributed by atoms with Crippen LogP contribution < -0.4 is 5.32 Å². The van der Waals surface area contributed by atoms with Gasteiger partial charge in [-0.3, -0.25) is 0 Å². The van der Waals surface area contributed by atoms with Crippen LogP contribution in [-0.2, 0) is 6.54 Å². The summed E-state index contributed by atoms with van der Waals surface area (Å²) in [6, 6.07) is 7.79. The maximum atomic E-state index is 9.83. The van der Waals surface area contributed by atoms with Crippen molar-refractivity contribution in [2.24, 2.45) is 0 Å². The van der Waals surface area contributed by atoms with E-state index in [-0.39, 0.29) is 0 Å². The molecule has 0 spiro atoms. The molecule has 1 unspecified atom stereocenters. The van der Waals surface area contributed by atoms with Crippen molar-refractivity contribution >= 4 is 22.7 Å². The fourth-order valence-electron chi connectivity index (χ4n) is 1.45. The molecule has 2 rings (SSSR count). The molecular weight excluding hydrogens is 252 g/mol. The van der Waals surface area contributed by atoms with Crippen LogP contribution in [0.15, 0.2) is 29.0 Å². The Morgan fingerprint density at radius 1 is 1.41 bits per heavy atom. The zero-order valence-electron chi connectivity index (χ0n) is 9.09. The summed E-state index contributed by atoms with van der Waals surface area (Å²) in [6.07, 6.45) is -0.461. The minimum atomic E-state index is -0.461. The first-order valence-electron chi connectivity index (χ1n) is 5.19. The number of nitrogens with zero attached hydrogens (tertiary/aromatic N) is 1. The van der Waals surface area contributed by atoms with E-state index in [4.69, 9.17) is 5.26 Å². The predicted molar refractivity (Wildman–Crippen MR) is 70.0 cm³/mol. The third-order valence-corrected chi connectivity index (χ3v) is 4.03. The molecule has 0 radical (unpaired) electrons. The number of thiophene rings is 2. The fourth-order valence-corrected chi connectivity index (χ4v) is 2.93. The fraction of sp³-hybridized carbons (Fsp3) is 0.250. The van der Waals surface area contributed by atoms with Crippen LogP contribution in [0.1, 0.15) is 21.4 Å². The van der Waals surface area contributed by atoms with Gasteiger partial charge in [-0.15, -0.1) is 11.3 Å². The normalized spacial score (nSPS) is 12.2. The summed E-state index contributed by atoms with van der Waals surface area (Å²) in [6.45, 7) is 1.21. The minimum absolute atomic E-state index is 0.461. The molecule has 0 fully saturated rings. The van der Waals surface area contributed by atoms with E-state index in [9.17, 15) is 5.11 Å².